The van der Waals surface area contributed by atoms with Crippen LogP contribution in [0.3, 0.4) is 0 Å². The first kappa shape index (κ1) is 13.4. The fourth-order valence-corrected chi connectivity index (χ4v) is 2.32. The second kappa shape index (κ2) is 5.28. The smallest absolute Gasteiger partial charge is 0.337 e. The third-order valence-corrected chi connectivity index (χ3v) is 3.26. The average Bonchev–Trinajstić information content (AvgIpc) is 2.67. The number of aromatic carboxylic acids is 1. The number of aliphatic hydroxyl groups is 1. The number of aryl methyl sites for hydroxylation is 1. The Kier molecular flexibility index (Phi) is 3.71. The summed E-state index contributed by atoms with van der Waals surface area (Å²) in [7, 11) is 0. The van der Waals surface area contributed by atoms with Crippen LogP contribution in [0.1, 0.15) is 27.3 Å². The zero-order chi connectivity index (χ0) is 14.0. The highest BCUT2D eigenvalue weighted by Crippen LogP contribution is 2.21. The second-order valence-electron chi connectivity index (χ2n) is 4.57. The highest BCUT2D eigenvalue weighted by atomic mass is 16.4. The van der Waals surface area contributed by atoms with E-state index in [0.717, 1.165) is 22.6 Å². The molecule has 4 heteroatoms. The van der Waals surface area contributed by atoms with E-state index in [0.29, 0.717) is 12.0 Å². The molecule has 0 bridgehead atoms. The van der Waals surface area contributed by atoms with E-state index in [4.69, 9.17) is 10.2 Å². The standard InChI is InChI=1S/C15H17NO3/c1-10-9-14(15(18)19)11(2)16(10)13-5-3-12(4-6-13)7-8-17/h3-6,9,17H,7-8H2,1-2H3,(H,18,19). The van der Waals surface area contributed by atoms with Crippen molar-refractivity contribution in [2.24, 2.45) is 0 Å². The van der Waals surface area contributed by atoms with E-state index in [9.17, 15) is 4.79 Å². The molecule has 2 rings (SSSR count). The van der Waals surface area contributed by atoms with Crippen molar-refractivity contribution in [2.75, 3.05) is 6.61 Å². The summed E-state index contributed by atoms with van der Waals surface area (Å²) in [6.07, 6.45) is 0.629. The number of carboxylic acids is 1. The Morgan fingerprint density at radius 1 is 1.21 bits per heavy atom. The molecule has 0 amide bonds. The molecule has 0 radical (unpaired) electrons. The molecule has 0 aliphatic rings. The van der Waals surface area contributed by atoms with Gasteiger partial charge in [-0.15, -0.1) is 0 Å². The average molecular weight is 259 g/mol. The fraction of sp³-hybridized carbons (Fsp3) is 0.267. The number of aliphatic hydroxyl groups excluding tert-OH is 1. The van der Waals surface area contributed by atoms with Crippen LogP contribution in [0, 0.1) is 13.8 Å². The summed E-state index contributed by atoms with van der Waals surface area (Å²) in [5.41, 5.74) is 3.94. The number of hydrogen-bond acceptors (Lipinski definition) is 2. The quantitative estimate of drug-likeness (QED) is 0.885. The molecule has 2 N–H and O–H groups in total. The highest BCUT2D eigenvalue weighted by molar-refractivity contribution is 5.89. The number of aromatic nitrogens is 1. The molecule has 0 atom stereocenters. The Labute approximate surface area is 111 Å². The third-order valence-electron chi connectivity index (χ3n) is 3.26. The maximum atomic E-state index is 11.1. The molecule has 0 saturated heterocycles. The van der Waals surface area contributed by atoms with Gasteiger partial charge in [0.1, 0.15) is 0 Å². The SMILES string of the molecule is Cc1cc(C(=O)O)c(C)n1-c1ccc(CCO)cc1. The maximum absolute atomic E-state index is 11.1. The Balaban J connectivity index is 2.44. The molecule has 0 aliphatic heterocycles. The highest BCUT2D eigenvalue weighted by Gasteiger charge is 2.15. The molecule has 0 saturated carbocycles. The first-order chi connectivity index (χ1) is 9.04. The van der Waals surface area contributed by atoms with Gasteiger partial charge in [0, 0.05) is 23.7 Å². The number of rotatable bonds is 4. The van der Waals surface area contributed by atoms with Gasteiger partial charge in [0.25, 0.3) is 0 Å². The summed E-state index contributed by atoms with van der Waals surface area (Å²) in [6.45, 7) is 3.82. The molecule has 4 nitrogen and oxygen atoms in total. The lowest BCUT2D eigenvalue weighted by molar-refractivity contribution is 0.0696. The number of hydrogen-bond donors (Lipinski definition) is 2. The van der Waals surface area contributed by atoms with E-state index in [1.54, 1.807) is 13.0 Å². The van der Waals surface area contributed by atoms with Gasteiger partial charge in [0.2, 0.25) is 0 Å². The van der Waals surface area contributed by atoms with Gasteiger partial charge < -0.3 is 14.8 Å². The lowest BCUT2D eigenvalue weighted by Gasteiger charge is -2.10. The van der Waals surface area contributed by atoms with Crippen molar-refractivity contribution in [3.05, 3.63) is 52.8 Å². The van der Waals surface area contributed by atoms with Crippen LogP contribution in [0.2, 0.25) is 0 Å². The molecule has 1 aromatic heterocycles. The molecule has 1 heterocycles. The molecule has 0 fully saturated rings. The Morgan fingerprint density at radius 2 is 1.84 bits per heavy atom. The molecular weight excluding hydrogens is 242 g/mol. The fourth-order valence-electron chi connectivity index (χ4n) is 2.32. The van der Waals surface area contributed by atoms with E-state index in [1.807, 2.05) is 35.8 Å². The Morgan fingerprint density at radius 3 is 2.32 bits per heavy atom. The van der Waals surface area contributed by atoms with Crippen molar-refractivity contribution in [2.45, 2.75) is 20.3 Å². The van der Waals surface area contributed by atoms with Crippen LogP contribution >= 0.6 is 0 Å². The Hall–Kier alpha value is -2.07. The van der Waals surface area contributed by atoms with Crippen molar-refractivity contribution in [3.63, 3.8) is 0 Å². The molecule has 2 aromatic rings. The van der Waals surface area contributed by atoms with E-state index in [2.05, 4.69) is 0 Å². The molecule has 100 valence electrons. The van der Waals surface area contributed by atoms with E-state index in [-0.39, 0.29) is 6.61 Å². The van der Waals surface area contributed by atoms with Gasteiger partial charge in [0.05, 0.1) is 5.56 Å². The first-order valence-corrected chi connectivity index (χ1v) is 6.17. The number of carbonyl (C=O) groups is 1. The van der Waals surface area contributed by atoms with E-state index >= 15 is 0 Å². The van der Waals surface area contributed by atoms with Gasteiger partial charge in [0.15, 0.2) is 0 Å². The largest absolute Gasteiger partial charge is 0.478 e. The second-order valence-corrected chi connectivity index (χ2v) is 4.57. The van der Waals surface area contributed by atoms with Crippen LogP contribution < -0.4 is 0 Å². The van der Waals surface area contributed by atoms with Gasteiger partial charge in [-0.25, -0.2) is 4.79 Å². The minimum atomic E-state index is -0.906. The predicted octanol–water partition coefficient (Wildman–Crippen LogP) is 2.33. The Bertz CT molecular complexity index is 597. The number of nitrogens with zero attached hydrogens (tertiary/aromatic N) is 1. The normalized spacial score (nSPS) is 10.7. The molecule has 0 unspecified atom stereocenters. The molecule has 0 spiro atoms. The monoisotopic (exact) mass is 259 g/mol. The lowest BCUT2D eigenvalue weighted by Crippen LogP contribution is -2.02. The van der Waals surface area contributed by atoms with Crippen LogP contribution in [0.25, 0.3) is 5.69 Å². The summed E-state index contributed by atoms with van der Waals surface area (Å²) in [6, 6.07) is 9.46. The topological polar surface area (TPSA) is 62.5 Å². The van der Waals surface area contributed by atoms with E-state index < -0.39 is 5.97 Å². The summed E-state index contributed by atoms with van der Waals surface area (Å²) in [5, 5.41) is 18.0. The van der Waals surface area contributed by atoms with Gasteiger partial charge in [-0.2, -0.15) is 0 Å². The van der Waals surface area contributed by atoms with Crippen LogP contribution in [0.5, 0.6) is 0 Å². The minimum Gasteiger partial charge on any atom is -0.478 e. The summed E-state index contributed by atoms with van der Waals surface area (Å²) >= 11 is 0. The van der Waals surface area contributed by atoms with Crippen molar-refractivity contribution in [3.8, 4) is 5.69 Å². The van der Waals surface area contributed by atoms with E-state index in [1.165, 1.54) is 0 Å². The minimum absolute atomic E-state index is 0.129. The van der Waals surface area contributed by atoms with Crippen LogP contribution in [-0.4, -0.2) is 27.4 Å². The zero-order valence-electron chi connectivity index (χ0n) is 11.1. The predicted molar refractivity (Wildman–Crippen MR) is 73.0 cm³/mol. The zero-order valence-corrected chi connectivity index (χ0v) is 11.1. The third kappa shape index (κ3) is 2.53. The van der Waals surface area contributed by atoms with Crippen molar-refractivity contribution < 1.29 is 15.0 Å². The lowest BCUT2D eigenvalue weighted by atomic mass is 10.1. The molecule has 0 aliphatic carbocycles. The van der Waals surface area contributed by atoms with Crippen molar-refractivity contribution >= 4 is 5.97 Å². The molecule has 1 aromatic carbocycles. The number of benzene rings is 1. The maximum Gasteiger partial charge on any atom is 0.337 e. The van der Waals surface area contributed by atoms with Gasteiger partial charge >= 0.3 is 5.97 Å². The van der Waals surface area contributed by atoms with Crippen molar-refractivity contribution in [1.82, 2.24) is 4.57 Å². The molecular formula is C15H17NO3. The van der Waals surface area contributed by atoms with Crippen LogP contribution in [0.15, 0.2) is 30.3 Å². The van der Waals surface area contributed by atoms with Crippen molar-refractivity contribution in [1.29, 1.82) is 0 Å². The number of carboxylic acid groups (broad SMARTS) is 1. The molecule has 19 heavy (non-hydrogen) atoms. The summed E-state index contributed by atoms with van der Waals surface area (Å²) < 4.78 is 1.92. The van der Waals surface area contributed by atoms with Gasteiger partial charge in [-0.1, -0.05) is 12.1 Å². The summed E-state index contributed by atoms with van der Waals surface area (Å²) in [5.74, 6) is -0.906. The van der Waals surface area contributed by atoms with Crippen LogP contribution in [-0.2, 0) is 6.42 Å². The van der Waals surface area contributed by atoms with Crippen LogP contribution in [0.4, 0.5) is 0 Å². The first-order valence-electron chi connectivity index (χ1n) is 6.17. The van der Waals surface area contributed by atoms with Gasteiger partial charge in [-0.05, 0) is 44.0 Å². The summed E-state index contributed by atoms with van der Waals surface area (Å²) in [4.78, 5) is 11.1. The van der Waals surface area contributed by atoms with Gasteiger partial charge in [-0.3, -0.25) is 0 Å².